The van der Waals surface area contributed by atoms with Gasteiger partial charge in [-0.3, -0.25) is 4.79 Å². The van der Waals surface area contributed by atoms with Gasteiger partial charge in [-0.2, -0.15) is 5.26 Å². The molecule has 2 rings (SSSR count). The Morgan fingerprint density at radius 3 is 2.32 bits per heavy atom. The molecule has 1 aliphatic carbocycles. The molecular formula is C15H17NO3. The van der Waals surface area contributed by atoms with Crippen molar-refractivity contribution in [3.8, 4) is 17.6 Å². The highest BCUT2D eigenvalue weighted by atomic mass is 16.5. The number of nitrogens with zero attached hydrogens (tertiary/aromatic N) is 1. The summed E-state index contributed by atoms with van der Waals surface area (Å²) in [6, 6.07) is 5.62. The van der Waals surface area contributed by atoms with Crippen LogP contribution in [0.5, 0.6) is 11.5 Å². The number of rotatable bonds is 4. The van der Waals surface area contributed by atoms with E-state index in [4.69, 9.17) is 9.47 Å². The Hall–Kier alpha value is -2.02. The molecule has 0 aromatic heterocycles. The van der Waals surface area contributed by atoms with E-state index in [1.54, 1.807) is 19.2 Å². The van der Waals surface area contributed by atoms with Gasteiger partial charge in [0.15, 0.2) is 5.78 Å². The number of carbonyl (C=O) groups excluding carboxylic acids is 1. The Labute approximate surface area is 112 Å². The number of benzene rings is 1. The fourth-order valence-electron chi connectivity index (χ4n) is 2.41. The van der Waals surface area contributed by atoms with Gasteiger partial charge in [-0.15, -0.1) is 0 Å². The minimum Gasteiger partial charge on any atom is -0.496 e. The highest BCUT2D eigenvalue weighted by Gasteiger charge is 2.45. The average molecular weight is 259 g/mol. The van der Waals surface area contributed by atoms with E-state index >= 15 is 0 Å². The Bertz CT molecular complexity index is 553. The third-order valence-corrected chi connectivity index (χ3v) is 3.82. The molecule has 0 heterocycles. The van der Waals surface area contributed by atoms with Gasteiger partial charge in [-0.1, -0.05) is 0 Å². The van der Waals surface area contributed by atoms with Crippen molar-refractivity contribution in [3.63, 3.8) is 0 Å². The van der Waals surface area contributed by atoms with Gasteiger partial charge < -0.3 is 9.47 Å². The third-order valence-electron chi connectivity index (χ3n) is 3.82. The summed E-state index contributed by atoms with van der Waals surface area (Å²) in [5, 5.41) is 9.27. The second-order valence-electron chi connectivity index (χ2n) is 4.90. The first-order chi connectivity index (χ1) is 9.07. The molecule has 1 aromatic rings. The van der Waals surface area contributed by atoms with Crippen molar-refractivity contribution >= 4 is 5.78 Å². The van der Waals surface area contributed by atoms with Crippen LogP contribution in [0.4, 0.5) is 0 Å². The molecule has 4 heteroatoms. The van der Waals surface area contributed by atoms with E-state index in [2.05, 4.69) is 6.07 Å². The van der Waals surface area contributed by atoms with Gasteiger partial charge in [0.05, 0.1) is 25.9 Å². The largest absolute Gasteiger partial charge is 0.496 e. The molecule has 0 amide bonds. The average Bonchev–Trinajstić information content (AvgIpc) is 2.37. The Kier molecular flexibility index (Phi) is 3.48. The predicted octanol–water partition coefficient (Wildman–Crippen LogP) is 2.89. The maximum absolute atomic E-state index is 12.6. The summed E-state index contributed by atoms with van der Waals surface area (Å²) in [6.07, 6.45) is 2.17. The van der Waals surface area contributed by atoms with Gasteiger partial charge in [0, 0.05) is 0 Å². The van der Waals surface area contributed by atoms with E-state index in [-0.39, 0.29) is 5.78 Å². The first-order valence-electron chi connectivity index (χ1n) is 6.26. The lowest BCUT2D eigenvalue weighted by Gasteiger charge is -2.33. The summed E-state index contributed by atoms with van der Waals surface area (Å²) in [5.41, 5.74) is 0.467. The Morgan fingerprint density at radius 1 is 1.26 bits per heavy atom. The van der Waals surface area contributed by atoms with Crippen LogP contribution in [-0.4, -0.2) is 20.0 Å². The van der Waals surface area contributed by atoms with Crippen LogP contribution in [0.15, 0.2) is 12.1 Å². The van der Waals surface area contributed by atoms with Crippen LogP contribution >= 0.6 is 0 Å². The molecule has 0 saturated heterocycles. The van der Waals surface area contributed by atoms with Gasteiger partial charge in [-0.05, 0) is 43.9 Å². The van der Waals surface area contributed by atoms with Crippen molar-refractivity contribution in [1.82, 2.24) is 0 Å². The lowest BCUT2D eigenvalue weighted by Crippen LogP contribution is -2.36. The minimum absolute atomic E-state index is 0.156. The van der Waals surface area contributed by atoms with Crippen LogP contribution in [0.2, 0.25) is 0 Å². The lowest BCUT2D eigenvalue weighted by molar-refractivity contribution is 0.0745. The molecule has 1 aromatic carbocycles. The number of carbonyl (C=O) groups is 1. The van der Waals surface area contributed by atoms with Gasteiger partial charge >= 0.3 is 0 Å². The van der Waals surface area contributed by atoms with Crippen molar-refractivity contribution < 1.29 is 14.3 Å². The molecule has 1 fully saturated rings. The van der Waals surface area contributed by atoms with Crippen LogP contribution in [-0.2, 0) is 0 Å². The van der Waals surface area contributed by atoms with Gasteiger partial charge in [0.1, 0.15) is 16.9 Å². The Morgan fingerprint density at radius 2 is 1.89 bits per heavy atom. The van der Waals surface area contributed by atoms with E-state index in [9.17, 15) is 10.1 Å². The normalized spacial score (nSPS) is 16.1. The highest BCUT2D eigenvalue weighted by molar-refractivity contribution is 6.05. The summed E-state index contributed by atoms with van der Waals surface area (Å²) >= 11 is 0. The minimum atomic E-state index is -0.868. The fourth-order valence-corrected chi connectivity index (χ4v) is 2.41. The number of nitriles is 1. The van der Waals surface area contributed by atoms with Gasteiger partial charge in [0.25, 0.3) is 0 Å². The molecule has 1 saturated carbocycles. The quantitative estimate of drug-likeness (QED) is 0.780. The van der Waals surface area contributed by atoms with E-state index in [1.807, 2.05) is 6.92 Å². The summed E-state index contributed by atoms with van der Waals surface area (Å²) < 4.78 is 10.5. The van der Waals surface area contributed by atoms with E-state index in [0.29, 0.717) is 29.9 Å². The number of methoxy groups -OCH3 is 2. The molecule has 19 heavy (non-hydrogen) atoms. The predicted molar refractivity (Wildman–Crippen MR) is 70.5 cm³/mol. The molecule has 0 atom stereocenters. The third kappa shape index (κ3) is 2.06. The van der Waals surface area contributed by atoms with Crippen molar-refractivity contribution in [1.29, 1.82) is 5.26 Å². The fraction of sp³-hybridized carbons (Fsp3) is 0.467. The molecule has 0 radical (unpaired) electrons. The zero-order chi connectivity index (χ0) is 14.0. The molecule has 0 bridgehead atoms. The number of hydrogen-bond donors (Lipinski definition) is 0. The Balaban J connectivity index is 2.49. The second-order valence-corrected chi connectivity index (χ2v) is 4.90. The molecule has 0 spiro atoms. The number of ketones is 1. The maximum Gasteiger partial charge on any atom is 0.186 e. The van der Waals surface area contributed by atoms with Crippen molar-refractivity contribution in [3.05, 3.63) is 23.3 Å². The monoisotopic (exact) mass is 259 g/mol. The van der Waals surface area contributed by atoms with E-state index in [1.165, 1.54) is 7.11 Å². The van der Waals surface area contributed by atoms with Crippen LogP contribution in [0.1, 0.15) is 35.2 Å². The summed E-state index contributed by atoms with van der Waals surface area (Å²) in [6.45, 7) is 1.89. The summed E-state index contributed by atoms with van der Waals surface area (Å²) in [7, 11) is 3.09. The molecule has 0 aliphatic heterocycles. The topological polar surface area (TPSA) is 59.3 Å². The SMILES string of the molecule is COc1cc(C(=O)C2(C#N)CCC2)c(OC)cc1C. The van der Waals surface area contributed by atoms with Crippen molar-refractivity contribution in [2.45, 2.75) is 26.2 Å². The summed E-state index contributed by atoms with van der Waals surface area (Å²) in [5.74, 6) is 0.984. The number of Topliss-reactive ketones (excluding diaryl/α,β-unsaturated/α-hetero) is 1. The van der Waals surface area contributed by atoms with E-state index < -0.39 is 5.41 Å². The summed E-state index contributed by atoms with van der Waals surface area (Å²) in [4.78, 5) is 12.6. The first-order valence-corrected chi connectivity index (χ1v) is 6.26. The van der Waals surface area contributed by atoms with Crippen LogP contribution in [0, 0.1) is 23.7 Å². The smallest absolute Gasteiger partial charge is 0.186 e. The van der Waals surface area contributed by atoms with Crippen LogP contribution in [0.25, 0.3) is 0 Å². The van der Waals surface area contributed by atoms with Crippen molar-refractivity contribution in [2.24, 2.45) is 5.41 Å². The molecule has 0 unspecified atom stereocenters. The zero-order valence-electron chi connectivity index (χ0n) is 11.4. The van der Waals surface area contributed by atoms with Crippen LogP contribution < -0.4 is 9.47 Å². The van der Waals surface area contributed by atoms with Crippen LogP contribution in [0.3, 0.4) is 0 Å². The zero-order valence-corrected chi connectivity index (χ0v) is 11.4. The van der Waals surface area contributed by atoms with Gasteiger partial charge in [-0.25, -0.2) is 0 Å². The molecule has 4 nitrogen and oxygen atoms in total. The number of ether oxygens (including phenoxy) is 2. The second kappa shape index (κ2) is 4.93. The standard InChI is InChI=1S/C15H17NO3/c1-10-7-13(19-3)11(8-12(10)18-2)14(17)15(9-16)5-4-6-15/h7-8H,4-6H2,1-3H3. The lowest BCUT2D eigenvalue weighted by atomic mass is 9.65. The highest BCUT2D eigenvalue weighted by Crippen LogP contribution is 2.45. The molecule has 0 N–H and O–H groups in total. The molecule has 100 valence electrons. The first kappa shape index (κ1) is 13.4. The van der Waals surface area contributed by atoms with Gasteiger partial charge in [0.2, 0.25) is 0 Å². The maximum atomic E-state index is 12.6. The number of aryl methyl sites for hydroxylation is 1. The number of hydrogen-bond acceptors (Lipinski definition) is 4. The molecule has 1 aliphatic rings. The molecular weight excluding hydrogens is 242 g/mol. The van der Waals surface area contributed by atoms with Crippen molar-refractivity contribution in [2.75, 3.05) is 14.2 Å². The van der Waals surface area contributed by atoms with E-state index in [0.717, 1.165) is 12.0 Å².